The van der Waals surface area contributed by atoms with Crippen LogP contribution in [0.4, 0.5) is 11.4 Å². The number of hydrogen-bond donors (Lipinski definition) is 2. The van der Waals surface area contributed by atoms with Gasteiger partial charge in [-0.3, -0.25) is 4.79 Å². The van der Waals surface area contributed by atoms with Crippen molar-refractivity contribution in [2.75, 3.05) is 17.7 Å². The highest BCUT2D eigenvalue weighted by Crippen LogP contribution is 2.33. The van der Waals surface area contributed by atoms with Gasteiger partial charge in [0.15, 0.2) is 5.69 Å². The molecule has 1 saturated carbocycles. The van der Waals surface area contributed by atoms with E-state index in [1.807, 2.05) is 18.2 Å². The highest BCUT2D eigenvalue weighted by atomic mass is 79.9. The molecule has 1 aromatic heterocycles. The molecule has 0 bridgehead atoms. The van der Waals surface area contributed by atoms with Crippen molar-refractivity contribution in [2.24, 2.45) is 0 Å². The lowest BCUT2D eigenvalue weighted by molar-refractivity contribution is 0.102. The van der Waals surface area contributed by atoms with Crippen LogP contribution in [-0.2, 0) is 0 Å². The third-order valence-electron chi connectivity index (χ3n) is 5.17. The van der Waals surface area contributed by atoms with Crippen LogP contribution < -0.4 is 21.0 Å². The molecule has 1 aliphatic carbocycles. The monoisotopic (exact) mass is 456 g/mol. The fourth-order valence-electron chi connectivity index (χ4n) is 3.68. The summed E-state index contributed by atoms with van der Waals surface area (Å²) in [6.45, 7) is 0. The van der Waals surface area contributed by atoms with Gasteiger partial charge < -0.3 is 19.8 Å². The van der Waals surface area contributed by atoms with Crippen LogP contribution in [0.3, 0.4) is 0 Å². The fourth-order valence-corrected chi connectivity index (χ4v) is 4.22. The molecule has 29 heavy (non-hydrogen) atoms. The Morgan fingerprint density at radius 3 is 2.62 bits per heavy atom. The van der Waals surface area contributed by atoms with Gasteiger partial charge in [0, 0.05) is 17.0 Å². The van der Waals surface area contributed by atoms with Gasteiger partial charge in [0.25, 0.3) is 5.91 Å². The molecule has 150 valence electrons. The first kappa shape index (κ1) is 19.5. The Kier molecular flexibility index (Phi) is 5.58. The summed E-state index contributed by atoms with van der Waals surface area (Å²) in [5.41, 5.74) is 1.06. The lowest BCUT2D eigenvalue weighted by Gasteiger charge is -2.18. The number of para-hydroxylation sites is 1. The minimum absolute atomic E-state index is 0.132. The molecule has 0 saturated heterocycles. The molecule has 4 rings (SSSR count). The summed E-state index contributed by atoms with van der Waals surface area (Å²) in [4.78, 5) is 25.6. The summed E-state index contributed by atoms with van der Waals surface area (Å²) in [5, 5.41) is 7.00. The van der Waals surface area contributed by atoms with E-state index in [2.05, 4.69) is 26.6 Å². The number of fused-ring (bicyclic) bond motifs is 1. The van der Waals surface area contributed by atoms with Crippen molar-refractivity contribution in [3.63, 3.8) is 0 Å². The molecule has 3 aromatic rings. The number of benzene rings is 2. The number of ether oxygens (including phenoxy) is 1. The van der Waals surface area contributed by atoms with Gasteiger partial charge >= 0.3 is 5.63 Å². The highest BCUT2D eigenvalue weighted by Gasteiger charge is 2.22. The number of anilines is 2. The summed E-state index contributed by atoms with van der Waals surface area (Å²) in [6.07, 6.45) is 4.37. The Hall–Kier alpha value is -2.80. The predicted molar refractivity (Wildman–Crippen MR) is 117 cm³/mol. The smallest absolute Gasteiger partial charge is 0.362 e. The molecule has 1 fully saturated rings. The SMILES string of the molecule is COc1ccc(C(=O)Nc2c(NC3CCCC3)c3ccccc3oc2=O)cc1Br. The first-order chi connectivity index (χ1) is 14.1. The lowest BCUT2D eigenvalue weighted by atomic mass is 10.1. The normalized spacial score (nSPS) is 14.1. The van der Waals surface area contributed by atoms with E-state index in [1.165, 1.54) is 0 Å². The molecule has 1 amide bonds. The zero-order chi connectivity index (χ0) is 20.4. The molecule has 0 radical (unpaired) electrons. The van der Waals surface area contributed by atoms with Gasteiger partial charge in [0.05, 0.1) is 17.3 Å². The maximum atomic E-state index is 12.9. The minimum Gasteiger partial charge on any atom is -0.496 e. The molecule has 0 aliphatic heterocycles. The quantitative estimate of drug-likeness (QED) is 0.517. The number of hydrogen-bond acceptors (Lipinski definition) is 5. The summed E-state index contributed by atoms with van der Waals surface area (Å²) in [6, 6.07) is 12.6. The molecule has 1 aliphatic rings. The summed E-state index contributed by atoms with van der Waals surface area (Å²) in [7, 11) is 1.56. The van der Waals surface area contributed by atoms with Gasteiger partial charge in [-0.05, 0) is 59.1 Å². The van der Waals surface area contributed by atoms with E-state index in [9.17, 15) is 9.59 Å². The molecular formula is C22H21BrN2O4. The van der Waals surface area contributed by atoms with Crippen LogP contribution in [-0.4, -0.2) is 19.1 Å². The largest absolute Gasteiger partial charge is 0.496 e. The molecule has 6 nitrogen and oxygen atoms in total. The van der Waals surface area contributed by atoms with E-state index in [-0.39, 0.29) is 11.7 Å². The standard InChI is InChI=1S/C22H21BrN2O4/c1-28-18-11-10-13(12-16(18)23)21(26)25-20-19(24-14-6-2-3-7-14)15-8-4-5-9-17(15)29-22(20)27/h4-5,8-12,14,24H,2-3,6-7H2,1H3,(H,25,26). The highest BCUT2D eigenvalue weighted by molar-refractivity contribution is 9.10. The maximum Gasteiger partial charge on any atom is 0.362 e. The molecule has 2 N–H and O–H groups in total. The van der Waals surface area contributed by atoms with Gasteiger partial charge in [-0.2, -0.15) is 0 Å². The Morgan fingerprint density at radius 1 is 1.14 bits per heavy atom. The van der Waals surface area contributed by atoms with Crippen molar-refractivity contribution >= 4 is 44.2 Å². The Morgan fingerprint density at radius 2 is 1.90 bits per heavy atom. The molecule has 0 atom stereocenters. The van der Waals surface area contributed by atoms with Gasteiger partial charge in [0.2, 0.25) is 0 Å². The van der Waals surface area contributed by atoms with Gasteiger partial charge in [-0.1, -0.05) is 25.0 Å². The Labute approximate surface area is 176 Å². The minimum atomic E-state index is -0.579. The van der Waals surface area contributed by atoms with E-state index in [1.54, 1.807) is 31.4 Å². The Balaban J connectivity index is 1.74. The number of methoxy groups -OCH3 is 1. The first-order valence-corrected chi connectivity index (χ1v) is 10.3. The molecule has 1 heterocycles. The maximum absolute atomic E-state index is 12.9. The van der Waals surface area contributed by atoms with Gasteiger partial charge in [-0.25, -0.2) is 4.79 Å². The van der Waals surface area contributed by atoms with Crippen LogP contribution in [0.25, 0.3) is 11.0 Å². The summed E-state index contributed by atoms with van der Waals surface area (Å²) >= 11 is 3.38. The molecule has 0 unspecified atom stereocenters. The van der Waals surface area contributed by atoms with E-state index in [0.29, 0.717) is 27.1 Å². The number of halogens is 1. The van der Waals surface area contributed by atoms with Crippen molar-refractivity contribution in [3.05, 3.63) is 62.9 Å². The molecule has 2 aromatic carbocycles. The fraction of sp³-hybridized carbons (Fsp3) is 0.273. The molecule has 7 heteroatoms. The van der Waals surface area contributed by atoms with Crippen molar-refractivity contribution < 1.29 is 13.9 Å². The molecular weight excluding hydrogens is 436 g/mol. The zero-order valence-corrected chi connectivity index (χ0v) is 17.5. The number of carbonyl (C=O) groups excluding carboxylic acids is 1. The average Bonchev–Trinajstić information content (AvgIpc) is 3.23. The van der Waals surface area contributed by atoms with Crippen LogP contribution in [0.1, 0.15) is 36.0 Å². The van der Waals surface area contributed by atoms with Crippen LogP contribution in [0.5, 0.6) is 5.75 Å². The van der Waals surface area contributed by atoms with E-state index in [4.69, 9.17) is 9.15 Å². The average molecular weight is 457 g/mol. The number of rotatable bonds is 5. The van der Waals surface area contributed by atoms with E-state index in [0.717, 1.165) is 31.1 Å². The molecule has 0 spiro atoms. The number of nitrogens with one attached hydrogen (secondary N) is 2. The summed E-state index contributed by atoms with van der Waals surface area (Å²) in [5.74, 6) is 0.223. The number of carbonyl (C=O) groups is 1. The van der Waals surface area contributed by atoms with Crippen molar-refractivity contribution in [3.8, 4) is 5.75 Å². The van der Waals surface area contributed by atoms with E-state index >= 15 is 0 Å². The van der Waals surface area contributed by atoms with Crippen LogP contribution >= 0.6 is 15.9 Å². The third kappa shape index (κ3) is 4.00. The van der Waals surface area contributed by atoms with Crippen molar-refractivity contribution in [1.82, 2.24) is 0 Å². The zero-order valence-electron chi connectivity index (χ0n) is 16.0. The second-order valence-corrected chi connectivity index (χ2v) is 7.92. The summed E-state index contributed by atoms with van der Waals surface area (Å²) < 4.78 is 11.3. The van der Waals surface area contributed by atoms with Gasteiger partial charge in [0.1, 0.15) is 11.3 Å². The van der Waals surface area contributed by atoms with E-state index < -0.39 is 11.5 Å². The van der Waals surface area contributed by atoms with Crippen LogP contribution in [0.15, 0.2) is 56.1 Å². The van der Waals surface area contributed by atoms with Crippen molar-refractivity contribution in [1.29, 1.82) is 0 Å². The Bertz CT molecular complexity index is 1120. The second kappa shape index (κ2) is 8.29. The predicted octanol–water partition coefficient (Wildman–Crippen LogP) is 5.17. The van der Waals surface area contributed by atoms with Gasteiger partial charge in [-0.15, -0.1) is 0 Å². The second-order valence-electron chi connectivity index (χ2n) is 7.06. The first-order valence-electron chi connectivity index (χ1n) is 9.54. The number of amides is 1. The van der Waals surface area contributed by atoms with Crippen LogP contribution in [0, 0.1) is 0 Å². The lowest BCUT2D eigenvalue weighted by Crippen LogP contribution is -2.23. The van der Waals surface area contributed by atoms with Crippen LogP contribution in [0.2, 0.25) is 0 Å². The topological polar surface area (TPSA) is 80.6 Å². The third-order valence-corrected chi connectivity index (χ3v) is 5.79. The van der Waals surface area contributed by atoms with Crippen molar-refractivity contribution in [2.45, 2.75) is 31.7 Å².